The molecule has 6 heteroatoms. The van der Waals surface area contributed by atoms with Gasteiger partial charge in [0, 0.05) is 12.2 Å². The molecule has 0 radical (unpaired) electrons. The van der Waals surface area contributed by atoms with E-state index in [2.05, 4.69) is 10.3 Å². The van der Waals surface area contributed by atoms with E-state index in [4.69, 9.17) is 5.11 Å². The van der Waals surface area contributed by atoms with Crippen LogP contribution in [-0.2, 0) is 4.79 Å². The zero-order chi connectivity index (χ0) is 14.4. The minimum absolute atomic E-state index is 0.145. The molecule has 19 heavy (non-hydrogen) atoms. The smallest absolute Gasteiger partial charge is 0.323 e. The highest BCUT2D eigenvalue weighted by atomic mass is 16.4. The van der Waals surface area contributed by atoms with Crippen LogP contribution in [0.15, 0.2) is 18.3 Å². The maximum Gasteiger partial charge on any atom is 0.323 e. The normalized spacial score (nSPS) is 11.7. The van der Waals surface area contributed by atoms with E-state index in [-0.39, 0.29) is 12.6 Å². The van der Waals surface area contributed by atoms with Crippen LogP contribution in [0.1, 0.15) is 26.0 Å². The second-order valence-electron chi connectivity index (χ2n) is 4.35. The highest BCUT2D eigenvalue weighted by Crippen LogP contribution is 2.13. The molecule has 1 aromatic heterocycles. The molecular formula is C13H19N3O3. The summed E-state index contributed by atoms with van der Waals surface area (Å²) in [5.41, 5.74) is 1.28. The number of nitrogens with zero attached hydrogens (tertiary/aromatic N) is 2. The minimum Gasteiger partial charge on any atom is -0.480 e. The van der Waals surface area contributed by atoms with E-state index in [0.29, 0.717) is 17.8 Å². The summed E-state index contributed by atoms with van der Waals surface area (Å²) in [5.74, 6) is -1.03. The summed E-state index contributed by atoms with van der Waals surface area (Å²) in [6, 6.07) is 2.88. The number of aromatic nitrogens is 1. The first-order chi connectivity index (χ1) is 8.95. The van der Waals surface area contributed by atoms with Gasteiger partial charge >= 0.3 is 12.0 Å². The Hall–Kier alpha value is -2.11. The first-order valence-electron chi connectivity index (χ1n) is 6.16. The molecule has 2 amide bonds. The second kappa shape index (κ2) is 6.72. The number of pyridine rings is 1. The highest BCUT2D eigenvalue weighted by molar-refractivity contribution is 5.91. The van der Waals surface area contributed by atoms with Crippen LogP contribution in [-0.4, -0.2) is 39.6 Å². The zero-order valence-electron chi connectivity index (χ0n) is 11.4. The third kappa shape index (κ3) is 4.24. The van der Waals surface area contributed by atoms with Crippen LogP contribution >= 0.6 is 0 Å². The average molecular weight is 265 g/mol. The number of amides is 2. The minimum atomic E-state index is -1.03. The molecular weight excluding hydrogens is 246 g/mol. The van der Waals surface area contributed by atoms with E-state index in [1.165, 1.54) is 4.90 Å². The summed E-state index contributed by atoms with van der Waals surface area (Å²) in [6.07, 6.45) is 2.32. The van der Waals surface area contributed by atoms with Crippen LogP contribution in [0.25, 0.3) is 0 Å². The van der Waals surface area contributed by atoms with Crippen LogP contribution in [0.4, 0.5) is 10.5 Å². The Morgan fingerprint density at radius 3 is 2.74 bits per heavy atom. The first-order valence-corrected chi connectivity index (χ1v) is 6.16. The molecule has 0 aliphatic carbocycles. The largest absolute Gasteiger partial charge is 0.480 e. The van der Waals surface area contributed by atoms with E-state index in [9.17, 15) is 9.59 Å². The Kier molecular flexibility index (Phi) is 5.29. The summed E-state index contributed by atoms with van der Waals surface area (Å²) in [5, 5.41) is 11.6. The van der Waals surface area contributed by atoms with Crippen molar-refractivity contribution in [2.45, 2.75) is 33.2 Å². The van der Waals surface area contributed by atoms with Gasteiger partial charge in [0.2, 0.25) is 0 Å². The zero-order valence-corrected chi connectivity index (χ0v) is 11.4. The first kappa shape index (κ1) is 14.9. The van der Waals surface area contributed by atoms with Crippen LogP contribution in [0.3, 0.4) is 0 Å². The standard InChI is InChI=1S/C13H19N3O3/c1-4-9(2)16(8-12(17)18)13(19)15-11-6-5-7-14-10(11)3/h5-7,9H,4,8H2,1-3H3,(H,15,19)(H,17,18). The lowest BCUT2D eigenvalue weighted by atomic mass is 10.2. The monoisotopic (exact) mass is 265 g/mol. The third-order valence-electron chi connectivity index (χ3n) is 2.94. The maximum absolute atomic E-state index is 12.1. The Bertz CT molecular complexity index is 462. The molecule has 1 rings (SSSR count). The molecule has 0 saturated carbocycles. The SMILES string of the molecule is CCC(C)N(CC(=O)O)C(=O)Nc1cccnc1C. The summed E-state index contributed by atoms with van der Waals surface area (Å²) in [7, 11) is 0. The number of rotatable bonds is 5. The van der Waals surface area contributed by atoms with Crippen LogP contribution in [0.2, 0.25) is 0 Å². The molecule has 0 saturated heterocycles. The Balaban J connectivity index is 2.82. The number of hydrogen-bond acceptors (Lipinski definition) is 3. The number of carbonyl (C=O) groups is 2. The number of carboxylic acids is 1. The number of hydrogen-bond donors (Lipinski definition) is 2. The topological polar surface area (TPSA) is 82.5 Å². The lowest BCUT2D eigenvalue weighted by Crippen LogP contribution is -2.44. The van der Waals surface area contributed by atoms with E-state index in [1.807, 2.05) is 13.8 Å². The summed E-state index contributed by atoms with van der Waals surface area (Å²) >= 11 is 0. The van der Waals surface area contributed by atoms with Crippen molar-refractivity contribution in [2.75, 3.05) is 11.9 Å². The fraction of sp³-hybridized carbons (Fsp3) is 0.462. The fourth-order valence-electron chi connectivity index (χ4n) is 1.60. The number of carbonyl (C=O) groups excluding carboxylic acids is 1. The Morgan fingerprint density at radius 2 is 2.21 bits per heavy atom. The van der Waals surface area contributed by atoms with Gasteiger partial charge in [-0.25, -0.2) is 4.79 Å². The predicted octanol–water partition coefficient (Wildman–Crippen LogP) is 2.11. The van der Waals surface area contributed by atoms with Crippen molar-refractivity contribution in [1.82, 2.24) is 9.88 Å². The van der Waals surface area contributed by atoms with E-state index >= 15 is 0 Å². The van der Waals surface area contributed by atoms with Gasteiger partial charge in [-0.2, -0.15) is 0 Å². The molecule has 0 aliphatic heterocycles. The van der Waals surface area contributed by atoms with Crippen molar-refractivity contribution >= 4 is 17.7 Å². The van der Waals surface area contributed by atoms with Gasteiger partial charge in [-0.1, -0.05) is 6.92 Å². The Labute approximate surface area is 112 Å². The molecule has 0 bridgehead atoms. The molecule has 6 nitrogen and oxygen atoms in total. The molecule has 1 unspecified atom stereocenters. The molecule has 104 valence electrons. The molecule has 1 heterocycles. The molecule has 0 spiro atoms. The Morgan fingerprint density at radius 1 is 1.53 bits per heavy atom. The van der Waals surface area contributed by atoms with Crippen molar-refractivity contribution in [3.05, 3.63) is 24.0 Å². The van der Waals surface area contributed by atoms with Crippen molar-refractivity contribution < 1.29 is 14.7 Å². The molecule has 2 N–H and O–H groups in total. The summed E-state index contributed by atoms with van der Waals surface area (Å²) < 4.78 is 0. The summed E-state index contributed by atoms with van der Waals surface area (Å²) in [6.45, 7) is 5.18. The van der Waals surface area contributed by atoms with Gasteiger partial charge in [0.25, 0.3) is 0 Å². The number of anilines is 1. The van der Waals surface area contributed by atoms with Gasteiger partial charge in [-0.05, 0) is 32.4 Å². The number of urea groups is 1. The van der Waals surface area contributed by atoms with Crippen LogP contribution in [0.5, 0.6) is 0 Å². The van der Waals surface area contributed by atoms with Crippen molar-refractivity contribution in [1.29, 1.82) is 0 Å². The van der Waals surface area contributed by atoms with Gasteiger partial charge in [-0.15, -0.1) is 0 Å². The van der Waals surface area contributed by atoms with Crippen molar-refractivity contribution in [2.24, 2.45) is 0 Å². The molecule has 0 aliphatic rings. The predicted molar refractivity (Wildman–Crippen MR) is 72.1 cm³/mol. The maximum atomic E-state index is 12.1. The average Bonchev–Trinajstić information content (AvgIpc) is 2.37. The van der Waals surface area contributed by atoms with Crippen molar-refractivity contribution in [3.63, 3.8) is 0 Å². The lowest BCUT2D eigenvalue weighted by molar-refractivity contribution is -0.138. The molecule has 1 atom stereocenters. The fourth-order valence-corrected chi connectivity index (χ4v) is 1.60. The van der Waals surface area contributed by atoms with Crippen LogP contribution < -0.4 is 5.32 Å². The highest BCUT2D eigenvalue weighted by Gasteiger charge is 2.21. The van der Waals surface area contributed by atoms with E-state index in [1.54, 1.807) is 25.3 Å². The van der Waals surface area contributed by atoms with Crippen LogP contribution in [0, 0.1) is 6.92 Å². The second-order valence-corrected chi connectivity index (χ2v) is 4.35. The lowest BCUT2D eigenvalue weighted by Gasteiger charge is -2.27. The number of carboxylic acid groups (broad SMARTS) is 1. The number of aliphatic carboxylic acids is 1. The molecule has 0 fully saturated rings. The van der Waals surface area contributed by atoms with Gasteiger partial charge in [-0.3, -0.25) is 9.78 Å². The molecule has 0 aromatic carbocycles. The van der Waals surface area contributed by atoms with E-state index in [0.717, 1.165) is 0 Å². The van der Waals surface area contributed by atoms with Gasteiger partial charge < -0.3 is 15.3 Å². The van der Waals surface area contributed by atoms with Gasteiger partial charge in [0.1, 0.15) is 6.54 Å². The number of nitrogens with one attached hydrogen (secondary N) is 1. The number of aryl methyl sites for hydroxylation is 1. The summed E-state index contributed by atoms with van der Waals surface area (Å²) in [4.78, 5) is 28.3. The van der Waals surface area contributed by atoms with Gasteiger partial charge in [0.05, 0.1) is 11.4 Å². The third-order valence-corrected chi connectivity index (χ3v) is 2.94. The quantitative estimate of drug-likeness (QED) is 0.854. The molecule has 1 aromatic rings. The van der Waals surface area contributed by atoms with E-state index < -0.39 is 12.0 Å². The van der Waals surface area contributed by atoms with Gasteiger partial charge in [0.15, 0.2) is 0 Å². The van der Waals surface area contributed by atoms with Crippen molar-refractivity contribution in [3.8, 4) is 0 Å².